The van der Waals surface area contributed by atoms with E-state index in [1.165, 1.54) is 0 Å². The first kappa shape index (κ1) is 22.2. The van der Waals surface area contributed by atoms with E-state index in [-0.39, 0.29) is 6.61 Å². The van der Waals surface area contributed by atoms with Crippen LogP contribution < -0.4 is 23.7 Å². The van der Waals surface area contributed by atoms with Gasteiger partial charge in [-0.3, -0.25) is 0 Å². The molecule has 0 amide bonds. The SMILES string of the molecule is CCOc1cc(C(=O)OCc2cc(OC)ccc2OC)cc(OCC)c1OCC. The monoisotopic (exact) mass is 404 g/mol. The van der Waals surface area contributed by atoms with Gasteiger partial charge in [0.1, 0.15) is 18.1 Å². The van der Waals surface area contributed by atoms with Crippen LogP contribution in [-0.4, -0.2) is 40.0 Å². The van der Waals surface area contributed by atoms with Gasteiger partial charge >= 0.3 is 5.97 Å². The molecule has 0 aromatic heterocycles. The molecule has 0 aliphatic heterocycles. The first-order valence-corrected chi connectivity index (χ1v) is 9.52. The highest BCUT2D eigenvalue weighted by Gasteiger charge is 2.19. The van der Waals surface area contributed by atoms with Crippen LogP contribution in [0.4, 0.5) is 0 Å². The number of ether oxygens (including phenoxy) is 6. The molecule has 0 bridgehead atoms. The molecule has 0 saturated heterocycles. The largest absolute Gasteiger partial charge is 0.497 e. The maximum Gasteiger partial charge on any atom is 0.338 e. The zero-order chi connectivity index (χ0) is 21.2. The Labute approximate surface area is 171 Å². The predicted molar refractivity (Wildman–Crippen MR) is 109 cm³/mol. The molecule has 2 aromatic carbocycles. The maximum atomic E-state index is 12.7. The summed E-state index contributed by atoms with van der Waals surface area (Å²) in [4.78, 5) is 12.7. The van der Waals surface area contributed by atoms with Crippen molar-refractivity contribution >= 4 is 5.97 Å². The van der Waals surface area contributed by atoms with E-state index in [2.05, 4.69) is 0 Å². The molecule has 7 nitrogen and oxygen atoms in total. The molecule has 0 unspecified atom stereocenters. The molecule has 29 heavy (non-hydrogen) atoms. The van der Waals surface area contributed by atoms with Crippen LogP contribution in [0.5, 0.6) is 28.7 Å². The second-order valence-electron chi connectivity index (χ2n) is 5.85. The number of carbonyl (C=O) groups is 1. The molecular formula is C22H28O7. The van der Waals surface area contributed by atoms with Crippen LogP contribution in [0, 0.1) is 0 Å². The van der Waals surface area contributed by atoms with Gasteiger partial charge in [-0.05, 0) is 51.1 Å². The number of benzene rings is 2. The van der Waals surface area contributed by atoms with Gasteiger partial charge in [0.25, 0.3) is 0 Å². The zero-order valence-corrected chi connectivity index (χ0v) is 17.6. The van der Waals surface area contributed by atoms with Crippen LogP contribution in [0.3, 0.4) is 0 Å². The van der Waals surface area contributed by atoms with Gasteiger partial charge in [0, 0.05) is 5.56 Å². The van der Waals surface area contributed by atoms with Crippen LogP contribution in [0.1, 0.15) is 36.7 Å². The third-order valence-corrected chi connectivity index (χ3v) is 3.99. The molecule has 0 aliphatic rings. The minimum Gasteiger partial charge on any atom is -0.497 e. The molecule has 2 rings (SSSR count). The molecular weight excluding hydrogens is 376 g/mol. The standard InChI is InChI=1S/C22H28O7/c1-6-26-19-12-15(13-20(27-7-2)21(19)28-8-3)22(23)29-14-16-11-17(24-4)9-10-18(16)25-5/h9-13H,6-8,14H2,1-5H3. The summed E-state index contributed by atoms with van der Waals surface area (Å²) in [7, 11) is 3.13. The predicted octanol–water partition coefficient (Wildman–Crippen LogP) is 4.26. The van der Waals surface area contributed by atoms with E-state index in [1.807, 2.05) is 20.8 Å². The van der Waals surface area contributed by atoms with Gasteiger partial charge in [-0.25, -0.2) is 4.79 Å². The first-order chi connectivity index (χ1) is 14.1. The Hall–Kier alpha value is -3.09. The van der Waals surface area contributed by atoms with Crippen molar-refractivity contribution in [3.05, 3.63) is 41.5 Å². The molecule has 0 atom stereocenters. The summed E-state index contributed by atoms with van der Waals surface area (Å²) in [5, 5.41) is 0. The number of rotatable bonds is 11. The summed E-state index contributed by atoms with van der Waals surface area (Å²) in [6.45, 7) is 6.90. The Morgan fingerprint density at radius 3 is 1.93 bits per heavy atom. The topological polar surface area (TPSA) is 72.5 Å². The van der Waals surface area contributed by atoms with E-state index in [0.29, 0.717) is 59.7 Å². The van der Waals surface area contributed by atoms with Crippen molar-refractivity contribution in [2.24, 2.45) is 0 Å². The third kappa shape index (κ3) is 5.70. The maximum absolute atomic E-state index is 12.7. The molecule has 158 valence electrons. The zero-order valence-electron chi connectivity index (χ0n) is 17.6. The second-order valence-corrected chi connectivity index (χ2v) is 5.85. The Bertz CT molecular complexity index is 790. The molecule has 0 radical (unpaired) electrons. The van der Waals surface area contributed by atoms with E-state index in [9.17, 15) is 4.79 Å². The van der Waals surface area contributed by atoms with Crippen molar-refractivity contribution in [1.29, 1.82) is 0 Å². The summed E-state index contributed by atoms with van der Waals surface area (Å²) in [6, 6.07) is 8.50. The summed E-state index contributed by atoms with van der Waals surface area (Å²) in [5.41, 5.74) is 1.00. The van der Waals surface area contributed by atoms with Crippen molar-refractivity contribution < 1.29 is 33.2 Å². The Morgan fingerprint density at radius 1 is 0.793 bits per heavy atom. The van der Waals surface area contributed by atoms with E-state index < -0.39 is 5.97 Å². The van der Waals surface area contributed by atoms with E-state index >= 15 is 0 Å². The lowest BCUT2D eigenvalue weighted by Crippen LogP contribution is -2.09. The highest BCUT2D eigenvalue weighted by Crippen LogP contribution is 2.39. The van der Waals surface area contributed by atoms with Crippen molar-refractivity contribution in [2.75, 3.05) is 34.0 Å². The lowest BCUT2D eigenvalue weighted by Gasteiger charge is -2.17. The van der Waals surface area contributed by atoms with Crippen LogP contribution in [0.15, 0.2) is 30.3 Å². The van der Waals surface area contributed by atoms with Crippen molar-refractivity contribution in [2.45, 2.75) is 27.4 Å². The quantitative estimate of drug-likeness (QED) is 0.518. The number of carbonyl (C=O) groups excluding carboxylic acids is 1. The lowest BCUT2D eigenvalue weighted by atomic mass is 10.1. The number of esters is 1. The summed E-state index contributed by atoms with van der Waals surface area (Å²) >= 11 is 0. The van der Waals surface area contributed by atoms with Crippen LogP contribution in [0.25, 0.3) is 0 Å². The van der Waals surface area contributed by atoms with Crippen LogP contribution in [0.2, 0.25) is 0 Å². The van der Waals surface area contributed by atoms with E-state index in [0.717, 1.165) is 0 Å². The molecule has 0 saturated carbocycles. The minimum absolute atomic E-state index is 0.0281. The van der Waals surface area contributed by atoms with Gasteiger partial charge in [0.2, 0.25) is 5.75 Å². The molecule has 0 heterocycles. The summed E-state index contributed by atoms with van der Waals surface area (Å²) < 4.78 is 33.0. The fourth-order valence-corrected chi connectivity index (χ4v) is 2.73. The smallest absolute Gasteiger partial charge is 0.338 e. The fourth-order valence-electron chi connectivity index (χ4n) is 2.73. The second kappa shape index (κ2) is 11.0. The first-order valence-electron chi connectivity index (χ1n) is 9.52. The van der Waals surface area contributed by atoms with Gasteiger partial charge in [-0.2, -0.15) is 0 Å². The fraction of sp³-hybridized carbons (Fsp3) is 0.409. The molecule has 0 fully saturated rings. The molecule has 0 spiro atoms. The number of hydrogen-bond acceptors (Lipinski definition) is 7. The van der Waals surface area contributed by atoms with Gasteiger partial charge in [-0.1, -0.05) is 0 Å². The van der Waals surface area contributed by atoms with E-state index in [1.54, 1.807) is 44.6 Å². The minimum atomic E-state index is -0.514. The number of methoxy groups -OCH3 is 2. The Kier molecular flexibility index (Phi) is 8.45. The Morgan fingerprint density at radius 2 is 1.41 bits per heavy atom. The third-order valence-electron chi connectivity index (χ3n) is 3.99. The van der Waals surface area contributed by atoms with E-state index in [4.69, 9.17) is 28.4 Å². The highest BCUT2D eigenvalue weighted by molar-refractivity contribution is 5.91. The molecule has 2 aromatic rings. The molecule has 0 N–H and O–H groups in total. The normalized spacial score (nSPS) is 10.2. The van der Waals surface area contributed by atoms with Gasteiger partial charge in [0.05, 0.1) is 39.6 Å². The van der Waals surface area contributed by atoms with Crippen LogP contribution in [-0.2, 0) is 11.3 Å². The van der Waals surface area contributed by atoms with Crippen molar-refractivity contribution in [3.63, 3.8) is 0 Å². The van der Waals surface area contributed by atoms with Crippen molar-refractivity contribution in [1.82, 2.24) is 0 Å². The average Bonchev–Trinajstić information content (AvgIpc) is 2.74. The average molecular weight is 404 g/mol. The van der Waals surface area contributed by atoms with Crippen LogP contribution >= 0.6 is 0 Å². The van der Waals surface area contributed by atoms with Gasteiger partial charge in [-0.15, -0.1) is 0 Å². The highest BCUT2D eigenvalue weighted by atomic mass is 16.5. The van der Waals surface area contributed by atoms with Gasteiger partial charge < -0.3 is 28.4 Å². The Balaban J connectivity index is 2.28. The number of hydrogen-bond donors (Lipinski definition) is 0. The van der Waals surface area contributed by atoms with Crippen molar-refractivity contribution in [3.8, 4) is 28.7 Å². The summed E-state index contributed by atoms with van der Waals surface area (Å²) in [6.07, 6.45) is 0. The van der Waals surface area contributed by atoms with Gasteiger partial charge in [0.15, 0.2) is 11.5 Å². The summed E-state index contributed by atoms with van der Waals surface area (Å²) in [5.74, 6) is 2.09. The molecule has 7 heteroatoms. The lowest BCUT2D eigenvalue weighted by molar-refractivity contribution is 0.0468. The molecule has 0 aliphatic carbocycles.